The number of H-pyrrole nitrogens is 1. The molecule has 0 spiro atoms. The number of thioether (sulfide) groups is 1. The van der Waals surface area contributed by atoms with Crippen LogP contribution in [0, 0.1) is 0 Å². The van der Waals surface area contributed by atoms with Crippen molar-refractivity contribution in [1.82, 2.24) is 9.97 Å². The van der Waals surface area contributed by atoms with Crippen LogP contribution < -0.4 is 0 Å². The van der Waals surface area contributed by atoms with E-state index >= 15 is 0 Å². The zero-order valence-electron chi connectivity index (χ0n) is 18.1. The molecule has 0 saturated heterocycles. The van der Waals surface area contributed by atoms with Crippen molar-refractivity contribution in [2.75, 3.05) is 5.75 Å². The molecule has 1 aromatic heterocycles. The number of nitrogens with zero attached hydrogens (tertiary/aromatic N) is 1. The predicted molar refractivity (Wildman–Crippen MR) is 132 cm³/mol. The number of benzene rings is 2. The van der Waals surface area contributed by atoms with E-state index in [1.807, 2.05) is 65.8 Å². The Morgan fingerprint density at radius 3 is 2.17 bits per heavy atom. The maximum atomic E-state index is 13.0. The lowest BCUT2D eigenvalue weighted by molar-refractivity contribution is 0.102. The van der Waals surface area contributed by atoms with E-state index in [4.69, 9.17) is 11.6 Å². The monoisotopic (exact) mass is 510 g/mol. The number of hydrogen-bond donors (Lipinski definition) is 2. The molecule has 2 N–H and O–H groups in total. The summed E-state index contributed by atoms with van der Waals surface area (Å²) in [5.41, 5.74) is 3.32. The van der Waals surface area contributed by atoms with Crippen molar-refractivity contribution in [3.05, 3.63) is 52.0 Å². The highest BCUT2D eigenvalue weighted by Crippen LogP contribution is 2.40. The normalized spacial score (nSPS) is 12.1. The SMILES string of the molecule is Br.CC(C)(C)c1cc(C(=O)CSc2nc3ccc(Cl)cc3[nH]2)cc(C(C)(C)C)c1O. The smallest absolute Gasteiger partial charge is 0.173 e. The number of fused-ring (bicyclic) bond motifs is 1. The first-order valence-electron chi connectivity index (χ1n) is 9.55. The molecule has 0 aliphatic rings. The van der Waals surface area contributed by atoms with Crippen LogP contribution in [0.3, 0.4) is 0 Å². The maximum absolute atomic E-state index is 13.0. The van der Waals surface area contributed by atoms with Gasteiger partial charge in [0.15, 0.2) is 10.9 Å². The summed E-state index contributed by atoms with van der Waals surface area (Å²) in [5, 5.41) is 12.2. The molecule has 3 rings (SSSR count). The molecule has 0 bridgehead atoms. The Balaban J connectivity index is 0.00000320. The molecule has 162 valence electrons. The van der Waals surface area contributed by atoms with Crippen LogP contribution in [0.15, 0.2) is 35.5 Å². The summed E-state index contributed by atoms with van der Waals surface area (Å²) >= 11 is 7.39. The predicted octanol–water partition coefficient (Wildman–Crippen LogP) is 7.07. The molecule has 3 aromatic rings. The minimum atomic E-state index is -0.272. The number of halogens is 2. The molecule has 0 radical (unpaired) electrons. The molecule has 4 nitrogen and oxygen atoms in total. The highest BCUT2D eigenvalue weighted by molar-refractivity contribution is 8.93. The van der Waals surface area contributed by atoms with Crippen LogP contribution in [0.2, 0.25) is 5.02 Å². The molecule has 0 saturated carbocycles. The molecule has 0 amide bonds. The number of nitrogens with one attached hydrogen (secondary N) is 1. The maximum Gasteiger partial charge on any atom is 0.173 e. The molecule has 0 atom stereocenters. The van der Waals surface area contributed by atoms with Crippen molar-refractivity contribution < 1.29 is 9.90 Å². The van der Waals surface area contributed by atoms with Crippen LogP contribution in [0.1, 0.15) is 63.0 Å². The first-order valence-corrected chi connectivity index (χ1v) is 10.9. The third kappa shape index (κ3) is 5.40. The topological polar surface area (TPSA) is 66.0 Å². The van der Waals surface area contributed by atoms with Gasteiger partial charge in [0.05, 0.1) is 16.8 Å². The van der Waals surface area contributed by atoms with Gasteiger partial charge in [-0.25, -0.2) is 4.98 Å². The molecular formula is C23H28BrClN2O2S. The number of phenols is 1. The molecule has 2 aromatic carbocycles. The lowest BCUT2D eigenvalue weighted by Crippen LogP contribution is -2.19. The van der Waals surface area contributed by atoms with Gasteiger partial charge in [-0.05, 0) is 41.2 Å². The van der Waals surface area contributed by atoms with Crippen LogP contribution in [-0.4, -0.2) is 26.6 Å². The largest absolute Gasteiger partial charge is 0.507 e. The first-order chi connectivity index (χ1) is 13.4. The zero-order chi connectivity index (χ0) is 21.6. The standard InChI is InChI=1S/C23H27ClN2O2S.BrH/c1-22(2,3)15-9-13(10-16(20(15)28)23(4,5)6)19(27)12-29-21-25-17-8-7-14(24)11-18(17)26-21;/h7-11,28H,12H2,1-6H3,(H,25,26);1H. The lowest BCUT2D eigenvalue weighted by Gasteiger charge is -2.28. The second kappa shape index (κ2) is 8.93. The van der Waals surface area contributed by atoms with Gasteiger partial charge < -0.3 is 10.1 Å². The molecule has 0 aliphatic heterocycles. The Bertz CT molecular complexity index is 1050. The van der Waals surface area contributed by atoms with E-state index < -0.39 is 0 Å². The summed E-state index contributed by atoms with van der Waals surface area (Å²) in [6.07, 6.45) is 0. The van der Waals surface area contributed by atoms with E-state index in [1.165, 1.54) is 11.8 Å². The Labute approximate surface area is 197 Å². The van der Waals surface area contributed by atoms with Crippen molar-refractivity contribution in [1.29, 1.82) is 0 Å². The number of rotatable bonds is 4. The van der Waals surface area contributed by atoms with Gasteiger partial charge in [-0.3, -0.25) is 4.79 Å². The van der Waals surface area contributed by atoms with Gasteiger partial charge in [-0.1, -0.05) is 64.9 Å². The van der Waals surface area contributed by atoms with Gasteiger partial charge in [0.2, 0.25) is 0 Å². The van der Waals surface area contributed by atoms with Gasteiger partial charge in [0.25, 0.3) is 0 Å². The number of imidazole rings is 1. The van der Waals surface area contributed by atoms with Crippen LogP contribution >= 0.6 is 40.3 Å². The van der Waals surface area contributed by atoms with Crippen LogP contribution in [-0.2, 0) is 10.8 Å². The van der Waals surface area contributed by atoms with Crippen LogP contribution in [0.4, 0.5) is 0 Å². The van der Waals surface area contributed by atoms with E-state index in [-0.39, 0.29) is 45.1 Å². The number of phenolic OH excluding ortho intramolecular Hbond substituents is 1. The fraction of sp³-hybridized carbons (Fsp3) is 0.391. The average Bonchev–Trinajstić information content (AvgIpc) is 2.99. The fourth-order valence-electron chi connectivity index (χ4n) is 3.18. The summed E-state index contributed by atoms with van der Waals surface area (Å²) in [6, 6.07) is 9.12. The molecule has 7 heteroatoms. The van der Waals surface area contributed by atoms with E-state index in [1.54, 1.807) is 6.07 Å². The summed E-state index contributed by atoms with van der Waals surface area (Å²) in [5.74, 6) is 0.541. The van der Waals surface area contributed by atoms with Crippen LogP contribution in [0.25, 0.3) is 11.0 Å². The number of carbonyl (C=O) groups is 1. The number of aromatic hydroxyl groups is 1. The number of aromatic amines is 1. The Morgan fingerprint density at radius 1 is 1.07 bits per heavy atom. The minimum Gasteiger partial charge on any atom is -0.507 e. The molecule has 0 unspecified atom stereocenters. The van der Waals surface area contributed by atoms with E-state index in [0.29, 0.717) is 15.7 Å². The van der Waals surface area contributed by atoms with Gasteiger partial charge in [-0.2, -0.15) is 0 Å². The number of carbonyl (C=O) groups excluding carboxylic acids is 1. The third-order valence-electron chi connectivity index (χ3n) is 4.81. The van der Waals surface area contributed by atoms with E-state index in [2.05, 4.69) is 9.97 Å². The van der Waals surface area contributed by atoms with Crippen molar-refractivity contribution >= 4 is 57.2 Å². The molecule has 30 heavy (non-hydrogen) atoms. The second-order valence-electron chi connectivity index (χ2n) is 9.34. The van der Waals surface area contributed by atoms with Gasteiger partial charge in [0, 0.05) is 21.7 Å². The summed E-state index contributed by atoms with van der Waals surface area (Å²) in [6.45, 7) is 12.2. The highest BCUT2D eigenvalue weighted by Gasteiger charge is 2.27. The molecule has 0 aliphatic carbocycles. The third-order valence-corrected chi connectivity index (χ3v) is 5.92. The van der Waals surface area contributed by atoms with E-state index in [9.17, 15) is 9.90 Å². The Kier molecular flexibility index (Phi) is 7.37. The molecular weight excluding hydrogens is 484 g/mol. The van der Waals surface area contributed by atoms with Crippen molar-refractivity contribution in [2.45, 2.75) is 57.5 Å². The van der Waals surface area contributed by atoms with Crippen molar-refractivity contribution in [2.24, 2.45) is 0 Å². The lowest BCUT2D eigenvalue weighted by atomic mass is 9.78. The van der Waals surface area contributed by atoms with Gasteiger partial charge in [-0.15, -0.1) is 17.0 Å². The van der Waals surface area contributed by atoms with Crippen molar-refractivity contribution in [3.8, 4) is 5.75 Å². The number of ketones is 1. The average molecular weight is 512 g/mol. The highest BCUT2D eigenvalue weighted by atomic mass is 79.9. The Hall–Kier alpha value is -1.50. The number of Topliss-reactive ketones (excluding diaryl/α,β-unsaturated/α-hetero) is 1. The quantitative estimate of drug-likeness (QED) is 0.290. The van der Waals surface area contributed by atoms with Crippen molar-refractivity contribution in [3.63, 3.8) is 0 Å². The summed E-state index contributed by atoms with van der Waals surface area (Å²) in [7, 11) is 0. The summed E-state index contributed by atoms with van der Waals surface area (Å²) < 4.78 is 0. The van der Waals surface area contributed by atoms with Crippen LogP contribution in [0.5, 0.6) is 5.75 Å². The van der Waals surface area contributed by atoms with Gasteiger partial charge >= 0.3 is 0 Å². The minimum absolute atomic E-state index is 0. The second-order valence-corrected chi connectivity index (χ2v) is 10.7. The Morgan fingerprint density at radius 2 is 1.63 bits per heavy atom. The van der Waals surface area contributed by atoms with Gasteiger partial charge in [0.1, 0.15) is 5.75 Å². The zero-order valence-corrected chi connectivity index (χ0v) is 21.4. The summed E-state index contributed by atoms with van der Waals surface area (Å²) in [4.78, 5) is 20.7. The molecule has 0 fully saturated rings. The number of hydrogen-bond acceptors (Lipinski definition) is 4. The van der Waals surface area contributed by atoms with E-state index in [0.717, 1.165) is 22.2 Å². The fourth-order valence-corrected chi connectivity index (χ4v) is 4.13. The number of aromatic nitrogens is 2. The molecule has 1 heterocycles. The first kappa shape index (κ1) is 24.8.